The van der Waals surface area contributed by atoms with Gasteiger partial charge in [0.15, 0.2) is 0 Å². The van der Waals surface area contributed by atoms with E-state index in [-0.39, 0.29) is 0 Å². The van der Waals surface area contributed by atoms with Crippen molar-refractivity contribution in [3.8, 4) is 0 Å². The molecule has 5 atom stereocenters. The van der Waals surface area contributed by atoms with Gasteiger partial charge in [-0.3, -0.25) is 0 Å². The minimum atomic E-state index is 0.675. The van der Waals surface area contributed by atoms with Crippen molar-refractivity contribution in [2.45, 2.75) is 47.0 Å². The molecular formula is C12H22. The van der Waals surface area contributed by atoms with Crippen LogP contribution in [0, 0.1) is 29.1 Å². The molecule has 0 nitrogen and oxygen atoms in total. The molecule has 0 amide bonds. The molecule has 3 aliphatic rings. The Morgan fingerprint density at radius 3 is 2.33 bits per heavy atom. The van der Waals surface area contributed by atoms with Crippen LogP contribution < -0.4 is 0 Å². The summed E-state index contributed by atoms with van der Waals surface area (Å²) in [7, 11) is 0. The fourth-order valence-electron chi connectivity index (χ4n) is 3.75. The molecule has 12 heavy (non-hydrogen) atoms. The third-order valence-electron chi connectivity index (χ3n) is 5.41. The van der Waals surface area contributed by atoms with Gasteiger partial charge in [-0.15, -0.1) is 0 Å². The van der Waals surface area contributed by atoms with Crippen LogP contribution in [0.25, 0.3) is 0 Å². The quantitative estimate of drug-likeness (QED) is 0.514. The lowest BCUT2D eigenvalue weighted by atomic mass is 9.48. The van der Waals surface area contributed by atoms with Gasteiger partial charge in [0.25, 0.3) is 0 Å². The first-order valence-electron chi connectivity index (χ1n) is 5.55. The SMILES string of the molecule is CC1C2CCC(C)(C(C)C2)C1C. The second-order valence-electron chi connectivity index (χ2n) is 5.59. The molecule has 0 heterocycles. The number of fused-ring (bicyclic) bond motifs is 3. The van der Waals surface area contributed by atoms with Gasteiger partial charge in [-0.2, -0.15) is 0 Å². The zero-order chi connectivity index (χ0) is 8.93. The first-order valence-corrected chi connectivity index (χ1v) is 5.55. The molecule has 3 rings (SSSR count). The van der Waals surface area contributed by atoms with Gasteiger partial charge in [0.05, 0.1) is 0 Å². The van der Waals surface area contributed by atoms with Crippen molar-refractivity contribution in [2.24, 2.45) is 29.1 Å². The third kappa shape index (κ3) is 0.900. The first-order chi connectivity index (χ1) is 5.55. The summed E-state index contributed by atoms with van der Waals surface area (Å²) < 4.78 is 0. The molecule has 0 heteroatoms. The van der Waals surface area contributed by atoms with Crippen molar-refractivity contribution in [2.75, 3.05) is 0 Å². The summed E-state index contributed by atoms with van der Waals surface area (Å²) in [5.41, 5.74) is 0.675. The number of hydrogen-bond acceptors (Lipinski definition) is 0. The molecule has 0 aromatic heterocycles. The van der Waals surface area contributed by atoms with E-state index in [2.05, 4.69) is 27.7 Å². The van der Waals surface area contributed by atoms with Gasteiger partial charge in [-0.25, -0.2) is 0 Å². The Bertz CT molecular complexity index is 184. The Morgan fingerprint density at radius 2 is 1.83 bits per heavy atom. The van der Waals surface area contributed by atoms with Gasteiger partial charge < -0.3 is 0 Å². The summed E-state index contributed by atoms with van der Waals surface area (Å²) >= 11 is 0. The van der Waals surface area contributed by atoms with Crippen LogP contribution in [0.15, 0.2) is 0 Å². The van der Waals surface area contributed by atoms with E-state index < -0.39 is 0 Å². The van der Waals surface area contributed by atoms with Gasteiger partial charge in [0.2, 0.25) is 0 Å². The van der Waals surface area contributed by atoms with Crippen LogP contribution in [-0.2, 0) is 0 Å². The normalized spacial score (nSPS) is 59.0. The van der Waals surface area contributed by atoms with E-state index >= 15 is 0 Å². The maximum atomic E-state index is 2.52. The predicted molar refractivity (Wildman–Crippen MR) is 52.9 cm³/mol. The summed E-state index contributed by atoms with van der Waals surface area (Å²) in [4.78, 5) is 0. The van der Waals surface area contributed by atoms with E-state index in [0.29, 0.717) is 5.41 Å². The Hall–Kier alpha value is 0. The molecule has 0 N–H and O–H groups in total. The maximum absolute atomic E-state index is 2.52. The van der Waals surface area contributed by atoms with Crippen LogP contribution in [0.4, 0.5) is 0 Å². The van der Waals surface area contributed by atoms with Crippen LogP contribution in [0.3, 0.4) is 0 Å². The van der Waals surface area contributed by atoms with E-state index in [1.165, 1.54) is 19.3 Å². The Balaban J connectivity index is 2.28. The zero-order valence-corrected chi connectivity index (χ0v) is 8.93. The van der Waals surface area contributed by atoms with Gasteiger partial charge in [-0.1, -0.05) is 27.7 Å². The summed E-state index contributed by atoms with van der Waals surface area (Å²) in [6.07, 6.45) is 4.50. The number of hydrogen-bond donors (Lipinski definition) is 0. The standard InChI is InChI=1S/C12H22/c1-8-7-11-5-6-12(8,4)10(3)9(11)2/h8-11H,5-7H2,1-4H3. The van der Waals surface area contributed by atoms with Gasteiger partial charge in [0, 0.05) is 0 Å². The summed E-state index contributed by atoms with van der Waals surface area (Å²) in [6, 6.07) is 0. The molecule has 0 spiro atoms. The smallest absolute Gasteiger partial charge is 0.0272 e. The van der Waals surface area contributed by atoms with Crippen LogP contribution in [0.5, 0.6) is 0 Å². The topological polar surface area (TPSA) is 0 Å². The third-order valence-corrected chi connectivity index (χ3v) is 5.41. The molecule has 3 saturated carbocycles. The van der Waals surface area contributed by atoms with E-state index in [9.17, 15) is 0 Å². The number of rotatable bonds is 0. The molecule has 3 fully saturated rings. The molecular weight excluding hydrogens is 144 g/mol. The summed E-state index contributed by atoms with van der Waals surface area (Å²) in [6.45, 7) is 9.94. The average Bonchev–Trinajstić information content (AvgIpc) is 2.04. The van der Waals surface area contributed by atoms with Crippen LogP contribution in [0.2, 0.25) is 0 Å². The highest BCUT2D eigenvalue weighted by Gasteiger charge is 2.50. The van der Waals surface area contributed by atoms with Crippen molar-refractivity contribution in [1.29, 1.82) is 0 Å². The molecule has 0 radical (unpaired) electrons. The van der Waals surface area contributed by atoms with E-state index in [1.807, 2.05) is 0 Å². The van der Waals surface area contributed by atoms with Crippen molar-refractivity contribution in [1.82, 2.24) is 0 Å². The van der Waals surface area contributed by atoms with Crippen molar-refractivity contribution < 1.29 is 0 Å². The van der Waals surface area contributed by atoms with E-state index in [1.54, 1.807) is 0 Å². The molecule has 0 aliphatic heterocycles. The second-order valence-corrected chi connectivity index (χ2v) is 5.59. The van der Waals surface area contributed by atoms with Crippen molar-refractivity contribution >= 4 is 0 Å². The first kappa shape index (κ1) is 8.59. The predicted octanol–water partition coefficient (Wildman–Crippen LogP) is 3.71. The van der Waals surface area contributed by atoms with Gasteiger partial charge in [-0.05, 0) is 48.3 Å². The molecule has 0 saturated heterocycles. The lowest BCUT2D eigenvalue weighted by Gasteiger charge is -2.57. The lowest BCUT2D eigenvalue weighted by molar-refractivity contribution is -0.0751. The van der Waals surface area contributed by atoms with Crippen molar-refractivity contribution in [3.05, 3.63) is 0 Å². The fourth-order valence-corrected chi connectivity index (χ4v) is 3.75. The average molecular weight is 166 g/mol. The molecule has 0 aromatic carbocycles. The molecule has 3 aliphatic carbocycles. The van der Waals surface area contributed by atoms with Gasteiger partial charge in [0.1, 0.15) is 0 Å². The van der Waals surface area contributed by atoms with E-state index in [4.69, 9.17) is 0 Å². The lowest BCUT2D eigenvalue weighted by Crippen LogP contribution is -2.49. The molecule has 5 unspecified atom stereocenters. The highest BCUT2D eigenvalue weighted by Crippen LogP contribution is 2.58. The monoisotopic (exact) mass is 166 g/mol. The van der Waals surface area contributed by atoms with E-state index in [0.717, 1.165) is 23.7 Å². The summed E-state index contributed by atoms with van der Waals surface area (Å²) in [5.74, 6) is 3.97. The Morgan fingerprint density at radius 1 is 1.17 bits per heavy atom. The summed E-state index contributed by atoms with van der Waals surface area (Å²) in [5, 5.41) is 0. The molecule has 70 valence electrons. The van der Waals surface area contributed by atoms with Crippen LogP contribution in [-0.4, -0.2) is 0 Å². The van der Waals surface area contributed by atoms with Crippen molar-refractivity contribution in [3.63, 3.8) is 0 Å². The minimum Gasteiger partial charge on any atom is -0.0620 e. The maximum Gasteiger partial charge on any atom is -0.0272 e. The Kier molecular flexibility index (Phi) is 1.79. The second kappa shape index (κ2) is 2.49. The van der Waals surface area contributed by atoms with Gasteiger partial charge >= 0.3 is 0 Å². The highest BCUT2D eigenvalue weighted by molar-refractivity contribution is 4.99. The zero-order valence-electron chi connectivity index (χ0n) is 8.93. The Labute approximate surface area is 76.7 Å². The van der Waals surface area contributed by atoms with Crippen LogP contribution >= 0.6 is 0 Å². The molecule has 0 aromatic rings. The fraction of sp³-hybridized carbons (Fsp3) is 1.00. The van der Waals surface area contributed by atoms with Crippen LogP contribution in [0.1, 0.15) is 47.0 Å². The highest BCUT2D eigenvalue weighted by atomic mass is 14.5. The molecule has 2 bridgehead atoms. The largest absolute Gasteiger partial charge is 0.0620 e. The minimum absolute atomic E-state index is 0.675.